The number of hydrogen-bond acceptors (Lipinski definition) is 3. The van der Waals surface area contributed by atoms with Crippen molar-refractivity contribution in [3.63, 3.8) is 0 Å². The molecule has 2 heterocycles. The highest BCUT2D eigenvalue weighted by molar-refractivity contribution is 6.16. The van der Waals surface area contributed by atoms with Crippen LogP contribution in [0.4, 0.5) is 10.1 Å². The highest BCUT2D eigenvalue weighted by atomic mass is 19.1. The third-order valence-corrected chi connectivity index (χ3v) is 7.73. The van der Waals surface area contributed by atoms with Gasteiger partial charge in [0.1, 0.15) is 11.4 Å². The first kappa shape index (κ1) is 16.3. The van der Waals surface area contributed by atoms with Gasteiger partial charge >= 0.3 is 0 Å². The van der Waals surface area contributed by atoms with Gasteiger partial charge in [0.25, 0.3) is 5.91 Å². The van der Waals surface area contributed by atoms with Crippen molar-refractivity contribution < 1.29 is 18.1 Å². The number of ketones is 1. The number of carbonyl (C=O) groups is 2. The number of benzene rings is 3. The standard InChI is InChI=1S/C27H23FN2O2/c1-29-16-22(17-11-13-19(28)14-12-17)26(15-18-7-3-4-8-20(18)24(26)31)27(29)21-9-5-6-10-23(21)30(2)25(27)32/h3-14,22H,15-16H2,1-2H3/t22-,26+,27+/m0/s1/i2T3. The molecule has 0 radical (unpaired) electrons. The van der Waals surface area contributed by atoms with Crippen LogP contribution in [-0.4, -0.2) is 37.2 Å². The van der Waals surface area contributed by atoms with Crippen LogP contribution in [0.5, 0.6) is 0 Å². The van der Waals surface area contributed by atoms with E-state index in [-0.39, 0.29) is 18.0 Å². The third-order valence-electron chi connectivity index (χ3n) is 7.73. The molecule has 3 aliphatic rings. The fourth-order valence-corrected chi connectivity index (χ4v) is 6.50. The Balaban J connectivity index is 1.69. The first-order valence-corrected chi connectivity index (χ1v) is 10.7. The molecule has 1 amide bonds. The Labute approximate surface area is 190 Å². The quantitative estimate of drug-likeness (QED) is 0.580. The van der Waals surface area contributed by atoms with Gasteiger partial charge in [-0.15, -0.1) is 0 Å². The van der Waals surface area contributed by atoms with Crippen molar-refractivity contribution in [2.45, 2.75) is 17.9 Å². The Bertz CT molecular complexity index is 1390. The lowest BCUT2D eigenvalue weighted by atomic mass is 9.59. The normalized spacial score (nSPS) is 30.5. The number of para-hydroxylation sites is 1. The van der Waals surface area contributed by atoms with E-state index in [0.717, 1.165) is 16.0 Å². The minimum absolute atomic E-state index is 0.178. The Morgan fingerprint density at radius 2 is 1.72 bits per heavy atom. The summed E-state index contributed by atoms with van der Waals surface area (Å²) in [6.45, 7) is -2.39. The highest BCUT2D eigenvalue weighted by Crippen LogP contribution is 2.67. The van der Waals surface area contributed by atoms with Crippen molar-refractivity contribution in [2.75, 3.05) is 25.5 Å². The number of amides is 1. The van der Waals surface area contributed by atoms with E-state index in [2.05, 4.69) is 0 Å². The van der Waals surface area contributed by atoms with E-state index < -0.39 is 29.8 Å². The molecule has 6 rings (SSSR count). The zero-order valence-corrected chi connectivity index (χ0v) is 17.5. The molecular weight excluding hydrogens is 403 g/mol. The lowest BCUT2D eigenvalue weighted by Crippen LogP contribution is -2.59. The number of hydrogen-bond donors (Lipinski definition) is 0. The molecule has 3 aromatic rings. The first-order chi connectivity index (χ1) is 16.6. The van der Waals surface area contributed by atoms with Crippen LogP contribution in [0.1, 0.15) is 37.1 Å². The smallest absolute Gasteiger partial charge is 0.253 e. The second-order valence-electron chi connectivity index (χ2n) is 8.99. The molecule has 3 aromatic carbocycles. The van der Waals surface area contributed by atoms with Crippen LogP contribution in [0, 0.1) is 11.2 Å². The fraction of sp³-hybridized carbons (Fsp3) is 0.259. The van der Waals surface area contributed by atoms with E-state index in [4.69, 9.17) is 4.11 Å². The van der Waals surface area contributed by atoms with Crippen LogP contribution in [0.3, 0.4) is 0 Å². The van der Waals surface area contributed by atoms with Gasteiger partial charge in [-0.3, -0.25) is 14.5 Å². The van der Waals surface area contributed by atoms with Gasteiger partial charge in [-0.25, -0.2) is 4.39 Å². The second-order valence-corrected chi connectivity index (χ2v) is 8.99. The molecule has 1 saturated heterocycles. The van der Waals surface area contributed by atoms with Crippen molar-refractivity contribution >= 4 is 17.4 Å². The molecular formula is C27H23FN2O2. The minimum atomic E-state index is -2.72. The summed E-state index contributed by atoms with van der Waals surface area (Å²) in [4.78, 5) is 31.6. The Kier molecular flexibility index (Phi) is 3.25. The van der Waals surface area contributed by atoms with Gasteiger partial charge < -0.3 is 4.90 Å². The number of halogens is 1. The predicted molar refractivity (Wildman–Crippen MR) is 120 cm³/mol. The summed E-state index contributed by atoms with van der Waals surface area (Å²) in [6.07, 6.45) is 0.281. The topological polar surface area (TPSA) is 40.6 Å². The fourth-order valence-electron chi connectivity index (χ4n) is 6.50. The van der Waals surface area contributed by atoms with E-state index in [9.17, 15) is 14.0 Å². The molecule has 5 heteroatoms. The number of likely N-dealkylation sites (tertiary alicyclic amines) is 1. The number of nitrogens with zero attached hydrogens (tertiary/aromatic N) is 2. The van der Waals surface area contributed by atoms with E-state index in [1.54, 1.807) is 55.6 Å². The van der Waals surface area contributed by atoms with Gasteiger partial charge in [0.2, 0.25) is 0 Å². The van der Waals surface area contributed by atoms with Gasteiger partial charge in [0.15, 0.2) is 5.78 Å². The molecule has 0 aromatic heterocycles. The average Bonchev–Trinajstić information content (AvgIpc) is 3.37. The van der Waals surface area contributed by atoms with E-state index in [1.165, 1.54) is 12.1 Å². The zero-order valence-electron chi connectivity index (χ0n) is 20.5. The zero-order chi connectivity index (χ0) is 24.8. The van der Waals surface area contributed by atoms with Crippen molar-refractivity contribution in [3.05, 3.63) is 101 Å². The molecule has 1 aliphatic carbocycles. The molecule has 4 nitrogen and oxygen atoms in total. The van der Waals surface area contributed by atoms with Crippen LogP contribution in [0.15, 0.2) is 72.8 Å². The van der Waals surface area contributed by atoms with Gasteiger partial charge in [-0.2, -0.15) is 0 Å². The lowest BCUT2D eigenvalue weighted by Gasteiger charge is -2.44. The van der Waals surface area contributed by atoms with Crippen LogP contribution in [-0.2, 0) is 16.8 Å². The van der Waals surface area contributed by atoms with Crippen LogP contribution in [0.2, 0.25) is 0 Å². The molecule has 160 valence electrons. The predicted octanol–water partition coefficient (Wildman–Crippen LogP) is 4.15. The number of likely N-dealkylation sites (N-methyl/N-ethyl adjacent to an activating group) is 2. The molecule has 2 spiro atoms. The summed E-state index contributed by atoms with van der Waals surface area (Å²) in [7, 11) is 1.78. The number of fused-ring (bicyclic) bond motifs is 4. The first-order valence-electron chi connectivity index (χ1n) is 12.2. The molecule has 0 bridgehead atoms. The van der Waals surface area contributed by atoms with Crippen LogP contribution >= 0.6 is 0 Å². The summed E-state index contributed by atoms with van der Waals surface area (Å²) >= 11 is 0. The van der Waals surface area contributed by atoms with Crippen molar-refractivity contribution in [1.29, 1.82) is 0 Å². The van der Waals surface area contributed by atoms with Gasteiger partial charge in [0.05, 0.1) is 5.41 Å². The molecule has 3 atom stereocenters. The Hall–Kier alpha value is -3.31. The van der Waals surface area contributed by atoms with Gasteiger partial charge in [0, 0.05) is 40.4 Å². The largest absolute Gasteiger partial charge is 0.313 e. The van der Waals surface area contributed by atoms with Crippen LogP contribution < -0.4 is 4.90 Å². The Morgan fingerprint density at radius 1 is 1.00 bits per heavy atom. The van der Waals surface area contributed by atoms with Crippen molar-refractivity contribution in [2.24, 2.45) is 5.41 Å². The number of carbonyl (C=O) groups excluding carboxylic acids is 2. The maximum absolute atomic E-state index is 14.5. The Morgan fingerprint density at radius 3 is 2.47 bits per heavy atom. The average molecular weight is 433 g/mol. The lowest BCUT2D eigenvalue weighted by molar-refractivity contribution is -0.132. The summed E-state index contributed by atoms with van der Waals surface area (Å²) < 4.78 is 38.4. The summed E-state index contributed by atoms with van der Waals surface area (Å²) in [5, 5.41) is 0. The molecule has 1 fully saturated rings. The van der Waals surface area contributed by atoms with E-state index in [0.29, 0.717) is 23.4 Å². The number of anilines is 1. The summed E-state index contributed by atoms with van der Waals surface area (Å²) in [5.74, 6) is -1.64. The van der Waals surface area contributed by atoms with E-state index in [1.807, 2.05) is 17.0 Å². The van der Waals surface area contributed by atoms with E-state index >= 15 is 0 Å². The summed E-state index contributed by atoms with van der Waals surface area (Å²) in [6, 6.07) is 20.2. The minimum Gasteiger partial charge on any atom is -0.313 e. The molecule has 32 heavy (non-hydrogen) atoms. The molecule has 0 unspecified atom stereocenters. The summed E-state index contributed by atoms with van der Waals surface area (Å²) in [5.41, 5.74) is 0.128. The SMILES string of the molecule is [3H]C([3H])([3H])N1C(=O)[C@@]2(c3ccccc31)N(C)C[C@@H](c1ccc(F)cc1)[C@@]21Cc2ccccc2C1=O. The number of Topliss-reactive ketones (excluding diaryl/α,β-unsaturated/α-hetero) is 1. The third kappa shape index (κ3) is 2.05. The molecule has 0 N–H and O–H groups in total. The van der Waals surface area contributed by atoms with Crippen molar-refractivity contribution in [1.82, 2.24) is 4.90 Å². The highest BCUT2D eigenvalue weighted by Gasteiger charge is 2.75. The number of rotatable bonds is 1. The molecule has 0 saturated carbocycles. The maximum atomic E-state index is 14.5. The van der Waals surface area contributed by atoms with Gasteiger partial charge in [-0.1, -0.05) is 54.6 Å². The van der Waals surface area contributed by atoms with Crippen molar-refractivity contribution in [3.8, 4) is 0 Å². The van der Waals surface area contributed by atoms with Crippen LogP contribution in [0.25, 0.3) is 0 Å². The second kappa shape index (κ2) is 6.36. The maximum Gasteiger partial charge on any atom is 0.253 e. The molecule has 2 aliphatic heterocycles. The van der Waals surface area contributed by atoms with Gasteiger partial charge in [-0.05, 0) is 42.8 Å². The monoisotopic (exact) mass is 432 g/mol.